The number of hydrogen-bond donors (Lipinski definition) is 0. The van der Waals surface area contributed by atoms with Gasteiger partial charge in [-0.05, 0) is 42.5 Å². The summed E-state index contributed by atoms with van der Waals surface area (Å²) in [5.41, 5.74) is 0.682. The van der Waals surface area contributed by atoms with Crippen molar-refractivity contribution in [3.05, 3.63) is 59.7 Å². The molecule has 2 rings (SSSR count). The molecule has 0 spiro atoms. The van der Waals surface area contributed by atoms with Gasteiger partial charge in [0.1, 0.15) is 5.75 Å². The number of ketones is 1. The minimum Gasteiger partial charge on any atom is -0.423 e. The summed E-state index contributed by atoms with van der Waals surface area (Å²) in [6.07, 6.45) is 0.396. The highest BCUT2D eigenvalue weighted by atomic mass is 32.2. The Labute approximate surface area is 159 Å². The van der Waals surface area contributed by atoms with Gasteiger partial charge in [0.15, 0.2) is 5.78 Å². The highest BCUT2D eigenvalue weighted by Gasteiger charge is 2.23. The van der Waals surface area contributed by atoms with E-state index in [1.807, 2.05) is 0 Å². The molecular formula is C20H23NO5S. The second kappa shape index (κ2) is 8.92. The summed E-state index contributed by atoms with van der Waals surface area (Å²) in [4.78, 5) is 24.1. The molecule has 0 atom stereocenters. The van der Waals surface area contributed by atoms with Crippen molar-refractivity contribution in [2.75, 3.05) is 13.1 Å². The molecule has 0 saturated carbocycles. The van der Waals surface area contributed by atoms with E-state index in [1.54, 1.807) is 32.9 Å². The van der Waals surface area contributed by atoms with Crippen molar-refractivity contribution in [1.29, 1.82) is 0 Å². The second-order valence-corrected chi connectivity index (χ2v) is 7.75. The van der Waals surface area contributed by atoms with E-state index in [0.29, 0.717) is 25.1 Å². The number of ether oxygens (including phenoxy) is 1. The Morgan fingerprint density at radius 1 is 0.926 bits per heavy atom. The number of Topliss-reactive ketones (excluding diaryl/α,β-unsaturated/α-hetero) is 1. The first-order valence-corrected chi connectivity index (χ1v) is 10.2. The molecule has 0 bridgehead atoms. The average molecular weight is 389 g/mol. The summed E-state index contributed by atoms with van der Waals surface area (Å²) in [5.74, 6) is -0.381. The molecule has 27 heavy (non-hydrogen) atoms. The molecule has 0 amide bonds. The molecule has 0 unspecified atom stereocenters. The van der Waals surface area contributed by atoms with Gasteiger partial charge in [-0.15, -0.1) is 0 Å². The zero-order valence-corrected chi connectivity index (χ0v) is 16.5. The SMILES string of the molecule is CCC(=O)c1ccc(OC(=O)c2cccc(S(=O)(=O)N(CC)CC)c2)cc1. The van der Waals surface area contributed by atoms with Crippen molar-refractivity contribution >= 4 is 21.8 Å². The van der Waals surface area contributed by atoms with Crippen LogP contribution in [-0.4, -0.2) is 37.6 Å². The Balaban J connectivity index is 2.21. The maximum atomic E-state index is 12.6. The summed E-state index contributed by atoms with van der Waals surface area (Å²) < 4.78 is 31.8. The van der Waals surface area contributed by atoms with Gasteiger partial charge >= 0.3 is 5.97 Å². The summed E-state index contributed by atoms with van der Waals surface area (Å²) >= 11 is 0. The number of sulfonamides is 1. The van der Waals surface area contributed by atoms with E-state index in [0.717, 1.165) is 0 Å². The predicted molar refractivity (Wildman–Crippen MR) is 103 cm³/mol. The molecule has 144 valence electrons. The first-order chi connectivity index (χ1) is 12.8. The Morgan fingerprint density at radius 3 is 2.11 bits per heavy atom. The largest absolute Gasteiger partial charge is 0.423 e. The Morgan fingerprint density at radius 2 is 1.56 bits per heavy atom. The summed E-state index contributed by atoms with van der Waals surface area (Å²) in [5, 5.41) is 0. The molecule has 0 aliphatic carbocycles. The van der Waals surface area contributed by atoms with Crippen LogP contribution in [0.4, 0.5) is 0 Å². The number of carbonyl (C=O) groups is 2. The molecule has 0 radical (unpaired) electrons. The van der Waals surface area contributed by atoms with Crippen molar-refractivity contribution in [1.82, 2.24) is 4.31 Å². The van der Waals surface area contributed by atoms with Crippen molar-refractivity contribution in [2.24, 2.45) is 0 Å². The predicted octanol–water partition coefficient (Wildman–Crippen LogP) is 3.53. The van der Waals surface area contributed by atoms with Crippen molar-refractivity contribution in [2.45, 2.75) is 32.1 Å². The number of esters is 1. The Hall–Kier alpha value is -2.51. The third kappa shape index (κ3) is 4.81. The highest BCUT2D eigenvalue weighted by molar-refractivity contribution is 7.89. The molecule has 0 fully saturated rings. The minimum atomic E-state index is -3.66. The van der Waals surface area contributed by atoms with E-state index >= 15 is 0 Å². The zero-order valence-electron chi connectivity index (χ0n) is 15.6. The van der Waals surface area contributed by atoms with Crippen LogP contribution in [0.25, 0.3) is 0 Å². The third-order valence-corrected chi connectivity index (χ3v) is 6.17. The van der Waals surface area contributed by atoms with Crippen LogP contribution < -0.4 is 4.74 Å². The van der Waals surface area contributed by atoms with Gasteiger partial charge in [0.05, 0.1) is 10.5 Å². The van der Waals surface area contributed by atoms with Crippen molar-refractivity contribution in [3.8, 4) is 5.75 Å². The van der Waals surface area contributed by atoms with Gasteiger partial charge in [-0.25, -0.2) is 13.2 Å². The van der Waals surface area contributed by atoms with Crippen LogP contribution in [0.5, 0.6) is 5.75 Å². The molecule has 0 aromatic heterocycles. The number of hydrogen-bond acceptors (Lipinski definition) is 5. The molecule has 0 saturated heterocycles. The maximum Gasteiger partial charge on any atom is 0.343 e. The molecular weight excluding hydrogens is 366 g/mol. The van der Waals surface area contributed by atoms with E-state index in [2.05, 4.69) is 0 Å². The van der Waals surface area contributed by atoms with Gasteiger partial charge in [-0.1, -0.05) is 26.8 Å². The standard InChI is InChI=1S/C20H23NO5S/c1-4-19(22)15-10-12-17(13-11-15)26-20(23)16-8-7-9-18(14-16)27(24,25)21(5-2)6-3/h7-14H,4-6H2,1-3H3. The van der Waals surface area contributed by atoms with Crippen LogP contribution in [0.3, 0.4) is 0 Å². The quantitative estimate of drug-likeness (QED) is 0.392. The molecule has 0 heterocycles. The first kappa shape index (κ1) is 20.8. The van der Waals surface area contributed by atoms with Gasteiger partial charge in [0, 0.05) is 25.1 Å². The minimum absolute atomic E-state index is 0.00202. The van der Waals surface area contributed by atoms with Crippen LogP contribution in [0.1, 0.15) is 47.9 Å². The average Bonchev–Trinajstić information content (AvgIpc) is 2.68. The molecule has 7 heteroatoms. The fourth-order valence-electron chi connectivity index (χ4n) is 2.58. The normalized spacial score (nSPS) is 11.4. The molecule has 2 aromatic carbocycles. The van der Waals surface area contributed by atoms with Crippen LogP contribution in [0.15, 0.2) is 53.4 Å². The molecule has 6 nitrogen and oxygen atoms in total. The monoisotopic (exact) mass is 389 g/mol. The lowest BCUT2D eigenvalue weighted by Crippen LogP contribution is -2.30. The lowest BCUT2D eigenvalue weighted by atomic mass is 10.1. The van der Waals surface area contributed by atoms with E-state index < -0.39 is 16.0 Å². The van der Waals surface area contributed by atoms with Gasteiger partial charge in [0.2, 0.25) is 10.0 Å². The van der Waals surface area contributed by atoms with E-state index in [4.69, 9.17) is 4.74 Å². The number of rotatable bonds is 8. The van der Waals surface area contributed by atoms with Gasteiger partial charge in [-0.3, -0.25) is 4.79 Å². The lowest BCUT2D eigenvalue weighted by molar-refractivity contribution is 0.0734. The van der Waals surface area contributed by atoms with E-state index in [9.17, 15) is 18.0 Å². The maximum absolute atomic E-state index is 12.6. The molecule has 2 aromatic rings. The highest BCUT2D eigenvalue weighted by Crippen LogP contribution is 2.19. The summed E-state index contributed by atoms with van der Waals surface area (Å²) in [7, 11) is -3.66. The second-order valence-electron chi connectivity index (χ2n) is 5.81. The molecule has 0 aliphatic heterocycles. The van der Waals surface area contributed by atoms with Crippen LogP contribution >= 0.6 is 0 Å². The van der Waals surface area contributed by atoms with Gasteiger partial charge in [-0.2, -0.15) is 4.31 Å². The smallest absolute Gasteiger partial charge is 0.343 e. The van der Waals surface area contributed by atoms with Crippen LogP contribution in [0, 0.1) is 0 Å². The van der Waals surface area contributed by atoms with Crippen molar-refractivity contribution < 1.29 is 22.7 Å². The Kier molecular flexibility index (Phi) is 6.87. The van der Waals surface area contributed by atoms with E-state index in [-0.39, 0.29) is 22.0 Å². The summed E-state index contributed by atoms with van der Waals surface area (Å²) in [6, 6.07) is 12.0. The fraction of sp³-hybridized carbons (Fsp3) is 0.300. The first-order valence-electron chi connectivity index (χ1n) is 8.79. The lowest BCUT2D eigenvalue weighted by Gasteiger charge is -2.18. The van der Waals surface area contributed by atoms with E-state index in [1.165, 1.54) is 40.7 Å². The Bertz CT molecular complexity index is 916. The van der Waals surface area contributed by atoms with Crippen LogP contribution in [-0.2, 0) is 10.0 Å². The third-order valence-electron chi connectivity index (χ3n) is 4.12. The van der Waals surface area contributed by atoms with Gasteiger partial charge < -0.3 is 4.74 Å². The number of nitrogens with zero attached hydrogens (tertiary/aromatic N) is 1. The topological polar surface area (TPSA) is 80.8 Å². The van der Waals surface area contributed by atoms with Crippen molar-refractivity contribution in [3.63, 3.8) is 0 Å². The molecule has 0 N–H and O–H groups in total. The zero-order chi connectivity index (χ0) is 20.0. The van der Waals surface area contributed by atoms with Gasteiger partial charge in [0.25, 0.3) is 0 Å². The number of benzene rings is 2. The van der Waals surface area contributed by atoms with Crippen LogP contribution in [0.2, 0.25) is 0 Å². The fourth-order valence-corrected chi connectivity index (χ4v) is 4.08. The molecule has 0 aliphatic rings. The number of carbonyl (C=O) groups excluding carboxylic acids is 2. The summed E-state index contributed by atoms with van der Waals surface area (Å²) in [6.45, 7) is 5.97.